The first-order valence-corrected chi connectivity index (χ1v) is 13.6. The first-order valence-electron chi connectivity index (χ1n) is 12.4. The molecular formula is C29H27ClN4O3S. The van der Waals surface area contributed by atoms with Gasteiger partial charge in [-0.1, -0.05) is 59.3 Å². The van der Waals surface area contributed by atoms with Gasteiger partial charge in [-0.05, 0) is 44.5 Å². The van der Waals surface area contributed by atoms with Crippen LogP contribution in [0.1, 0.15) is 37.9 Å². The molecule has 0 saturated carbocycles. The predicted molar refractivity (Wildman–Crippen MR) is 151 cm³/mol. The van der Waals surface area contributed by atoms with Gasteiger partial charge < -0.3 is 9.80 Å². The van der Waals surface area contributed by atoms with E-state index in [1.807, 2.05) is 50.2 Å². The Bertz CT molecular complexity index is 1680. The number of fused-ring (bicyclic) bond motifs is 2. The summed E-state index contributed by atoms with van der Waals surface area (Å²) in [6, 6.07) is 13.9. The van der Waals surface area contributed by atoms with Crippen molar-refractivity contribution in [2.24, 2.45) is 4.99 Å². The number of anilines is 1. The fourth-order valence-corrected chi connectivity index (χ4v) is 6.36. The van der Waals surface area contributed by atoms with E-state index in [1.54, 1.807) is 39.5 Å². The van der Waals surface area contributed by atoms with Gasteiger partial charge in [-0.2, -0.15) is 0 Å². The second kappa shape index (κ2) is 10.2. The van der Waals surface area contributed by atoms with Crippen molar-refractivity contribution in [3.05, 3.63) is 108 Å². The van der Waals surface area contributed by atoms with Crippen LogP contribution >= 0.6 is 22.9 Å². The van der Waals surface area contributed by atoms with E-state index in [0.29, 0.717) is 56.4 Å². The van der Waals surface area contributed by atoms with E-state index in [0.717, 1.165) is 11.3 Å². The summed E-state index contributed by atoms with van der Waals surface area (Å²) in [5.41, 5.74) is 3.15. The van der Waals surface area contributed by atoms with Crippen molar-refractivity contribution in [3.63, 3.8) is 0 Å². The minimum Gasteiger partial charge on any atom is -0.339 e. The lowest BCUT2D eigenvalue weighted by molar-refractivity contribution is -0.127. The summed E-state index contributed by atoms with van der Waals surface area (Å²) in [5, 5.41) is 0.552. The van der Waals surface area contributed by atoms with E-state index in [1.165, 1.54) is 11.3 Å². The first-order chi connectivity index (χ1) is 18.3. The van der Waals surface area contributed by atoms with Gasteiger partial charge in [0.25, 0.3) is 17.4 Å². The van der Waals surface area contributed by atoms with E-state index in [2.05, 4.69) is 6.58 Å². The van der Waals surface area contributed by atoms with Gasteiger partial charge in [0.15, 0.2) is 4.80 Å². The number of aromatic nitrogens is 1. The fourth-order valence-electron chi connectivity index (χ4n) is 5.10. The number of thiazole rings is 1. The Morgan fingerprint density at radius 1 is 1.13 bits per heavy atom. The van der Waals surface area contributed by atoms with Crippen LogP contribution in [-0.2, 0) is 9.59 Å². The number of allylic oxidation sites excluding steroid dienone is 1. The van der Waals surface area contributed by atoms with E-state index < -0.39 is 6.04 Å². The smallest absolute Gasteiger partial charge is 0.271 e. The Balaban J connectivity index is 1.81. The molecule has 3 aromatic rings. The number of para-hydroxylation sites is 1. The molecule has 1 atom stereocenters. The second-order valence-corrected chi connectivity index (χ2v) is 10.4. The quantitative estimate of drug-likeness (QED) is 0.443. The van der Waals surface area contributed by atoms with E-state index >= 15 is 0 Å². The van der Waals surface area contributed by atoms with Gasteiger partial charge in [0.05, 0.1) is 28.6 Å². The molecule has 2 aliphatic heterocycles. The number of hydrogen-bond donors (Lipinski definition) is 0. The number of carbonyl (C=O) groups is 2. The zero-order valence-electron chi connectivity index (χ0n) is 21.4. The normalized spacial score (nSPS) is 17.7. The van der Waals surface area contributed by atoms with Crippen molar-refractivity contribution in [3.8, 4) is 0 Å². The SMILES string of the molecule is C=CCN1C(=O)/C(=c2\sc3n(c2=O)[C@@H](c2ccc(Cl)cc2)C(C(=O)N(CC)CC)=C(C)N=3)c2ccccc21. The van der Waals surface area contributed by atoms with Gasteiger partial charge in [0.2, 0.25) is 0 Å². The standard InChI is InChI=1S/C29H27ClN4O3S/c1-5-16-33-21-11-9-8-10-20(21)23(27(33)36)25-28(37)34-24(18-12-14-19(30)15-13-18)22(17(4)31-29(34)38-25)26(35)32(6-2)7-3/h5,8-15,24H,1,6-7,16H2,2-4H3/b25-23-/t24-/m0/s1. The van der Waals surface area contributed by atoms with Gasteiger partial charge in [0, 0.05) is 30.2 Å². The minimum absolute atomic E-state index is 0.173. The summed E-state index contributed by atoms with van der Waals surface area (Å²) in [6.07, 6.45) is 1.66. The molecule has 2 amide bonds. The maximum atomic E-state index is 14.2. The summed E-state index contributed by atoms with van der Waals surface area (Å²) in [4.78, 5) is 50.0. The molecule has 0 radical (unpaired) electrons. The van der Waals surface area contributed by atoms with Crippen LogP contribution in [0.5, 0.6) is 0 Å². The molecule has 0 saturated heterocycles. The molecule has 3 heterocycles. The van der Waals surface area contributed by atoms with E-state index in [9.17, 15) is 14.4 Å². The van der Waals surface area contributed by atoms with Crippen LogP contribution < -0.4 is 19.8 Å². The maximum Gasteiger partial charge on any atom is 0.271 e. The van der Waals surface area contributed by atoms with Crippen molar-refractivity contribution in [1.29, 1.82) is 0 Å². The van der Waals surface area contributed by atoms with E-state index in [-0.39, 0.29) is 17.4 Å². The summed E-state index contributed by atoms with van der Waals surface area (Å²) < 4.78 is 1.85. The zero-order valence-corrected chi connectivity index (χ0v) is 23.0. The molecule has 5 rings (SSSR count). The van der Waals surface area contributed by atoms with Crippen LogP contribution in [0.15, 0.2) is 82.2 Å². The average Bonchev–Trinajstić information content (AvgIpc) is 3.37. The van der Waals surface area contributed by atoms with Crippen molar-refractivity contribution in [2.75, 3.05) is 24.5 Å². The molecule has 0 aliphatic carbocycles. The molecule has 0 unspecified atom stereocenters. The van der Waals surface area contributed by atoms with Crippen molar-refractivity contribution in [2.45, 2.75) is 26.8 Å². The molecule has 194 valence electrons. The number of nitrogens with zero attached hydrogens (tertiary/aromatic N) is 4. The Morgan fingerprint density at radius 2 is 1.82 bits per heavy atom. The molecule has 0 bridgehead atoms. The van der Waals surface area contributed by atoms with Crippen molar-refractivity contribution < 1.29 is 9.59 Å². The lowest BCUT2D eigenvalue weighted by Crippen LogP contribution is -2.43. The molecule has 0 N–H and O–H groups in total. The van der Waals surface area contributed by atoms with Gasteiger partial charge in [-0.3, -0.25) is 19.0 Å². The molecule has 0 spiro atoms. The van der Waals surface area contributed by atoms with Gasteiger partial charge in [-0.25, -0.2) is 4.99 Å². The predicted octanol–water partition coefficient (Wildman–Crippen LogP) is 3.66. The maximum absolute atomic E-state index is 14.2. The molecule has 2 aromatic carbocycles. The van der Waals surface area contributed by atoms with Crippen LogP contribution in [0.25, 0.3) is 5.57 Å². The van der Waals surface area contributed by atoms with Crippen LogP contribution in [0.4, 0.5) is 5.69 Å². The summed E-state index contributed by atoms with van der Waals surface area (Å²) in [6.45, 7) is 10.8. The fraction of sp³-hybridized carbons (Fsp3) is 0.241. The van der Waals surface area contributed by atoms with Crippen LogP contribution in [0, 0.1) is 0 Å². The topological polar surface area (TPSA) is 75.0 Å². The summed E-state index contributed by atoms with van der Waals surface area (Å²) in [7, 11) is 0. The Hall–Kier alpha value is -3.75. The summed E-state index contributed by atoms with van der Waals surface area (Å²) >= 11 is 7.35. The highest BCUT2D eigenvalue weighted by Gasteiger charge is 2.37. The highest BCUT2D eigenvalue weighted by molar-refractivity contribution is 7.07. The average molecular weight is 547 g/mol. The number of likely N-dealkylation sites (N-methyl/N-ethyl adjacent to an activating group) is 1. The lowest BCUT2D eigenvalue weighted by Gasteiger charge is -2.29. The molecule has 2 aliphatic rings. The van der Waals surface area contributed by atoms with Crippen molar-refractivity contribution in [1.82, 2.24) is 9.47 Å². The largest absolute Gasteiger partial charge is 0.339 e. The highest BCUT2D eigenvalue weighted by atomic mass is 35.5. The Kier molecular flexibility index (Phi) is 6.94. The first kappa shape index (κ1) is 25.9. The van der Waals surface area contributed by atoms with Crippen LogP contribution in [0.2, 0.25) is 5.02 Å². The number of hydrogen-bond acceptors (Lipinski definition) is 5. The number of benzene rings is 2. The Labute approximate surface area is 229 Å². The number of halogens is 1. The number of amides is 2. The number of rotatable bonds is 6. The third kappa shape index (κ3) is 4.04. The van der Waals surface area contributed by atoms with Crippen molar-refractivity contribution >= 4 is 46.0 Å². The monoisotopic (exact) mass is 546 g/mol. The van der Waals surface area contributed by atoms with Gasteiger partial charge in [-0.15, -0.1) is 6.58 Å². The molecule has 9 heteroatoms. The Morgan fingerprint density at radius 3 is 2.47 bits per heavy atom. The van der Waals surface area contributed by atoms with Crippen LogP contribution in [0.3, 0.4) is 0 Å². The van der Waals surface area contributed by atoms with Crippen LogP contribution in [-0.4, -0.2) is 40.9 Å². The molecule has 38 heavy (non-hydrogen) atoms. The highest BCUT2D eigenvalue weighted by Crippen LogP contribution is 2.35. The minimum atomic E-state index is -0.706. The lowest BCUT2D eigenvalue weighted by atomic mass is 9.94. The van der Waals surface area contributed by atoms with E-state index in [4.69, 9.17) is 16.6 Å². The third-order valence-electron chi connectivity index (χ3n) is 6.93. The molecular weight excluding hydrogens is 520 g/mol. The summed E-state index contributed by atoms with van der Waals surface area (Å²) in [5.74, 6) is -0.428. The second-order valence-electron chi connectivity index (χ2n) is 9.03. The van der Waals surface area contributed by atoms with Gasteiger partial charge >= 0.3 is 0 Å². The zero-order chi connectivity index (χ0) is 27.1. The molecule has 1 aromatic heterocycles. The number of carbonyl (C=O) groups excluding carboxylic acids is 2. The van der Waals surface area contributed by atoms with Gasteiger partial charge in [0.1, 0.15) is 4.53 Å². The molecule has 0 fully saturated rings. The third-order valence-corrected chi connectivity index (χ3v) is 8.23. The molecule has 7 nitrogen and oxygen atoms in total.